The van der Waals surface area contributed by atoms with Crippen molar-refractivity contribution in [2.45, 2.75) is 25.4 Å². The summed E-state index contributed by atoms with van der Waals surface area (Å²) in [5.41, 5.74) is 8.16. The van der Waals surface area contributed by atoms with Crippen LogP contribution in [-0.4, -0.2) is 4.57 Å². The van der Waals surface area contributed by atoms with Crippen LogP contribution in [0.1, 0.15) is 36.8 Å². The van der Waals surface area contributed by atoms with Gasteiger partial charge in [0.2, 0.25) is 11.2 Å². The quantitative estimate of drug-likeness (QED) is 0.265. The number of nitrogens with zero attached hydrogens (tertiary/aromatic N) is 3. The normalized spacial score (nSPS) is 17.8. The fraction of sp³-hybridized carbons (Fsp3) is 0.125. The molecular weight excluding hydrogens is 442 g/mol. The molecule has 3 aliphatic rings. The Hall–Kier alpha value is -4.44. The molecular formula is C32H23N3O+2. The van der Waals surface area contributed by atoms with E-state index in [-0.39, 0.29) is 6.04 Å². The third kappa shape index (κ3) is 1.84. The molecule has 0 amide bonds. The number of hydrogen-bond acceptors (Lipinski definition) is 1. The number of rotatable bonds is 1. The van der Waals surface area contributed by atoms with Crippen molar-refractivity contribution in [3.05, 3.63) is 114 Å². The van der Waals surface area contributed by atoms with E-state index in [1.807, 2.05) is 0 Å². The van der Waals surface area contributed by atoms with Gasteiger partial charge in [0.25, 0.3) is 0 Å². The molecule has 4 heteroatoms. The smallest absolute Gasteiger partial charge is 0.347 e. The fourth-order valence-electron chi connectivity index (χ4n) is 7.16. The maximum Gasteiger partial charge on any atom is 0.347 e. The van der Waals surface area contributed by atoms with E-state index in [2.05, 4.69) is 125 Å². The zero-order valence-electron chi connectivity index (χ0n) is 20.1. The van der Waals surface area contributed by atoms with Crippen molar-refractivity contribution in [1.29, 1.82) is 0 Å². The number of aromatic nitrogens is 3. The van der Waals surface area contributed by atoms with Crippen molar-refractivity contribution in [3.8, 4) is 28.4 Å². The highest BCUT2D eigenvalue weighted by molar-refractivity contribution is 5.96. The lowest BCUT2D eigenvalue weighted by Crippen LogP contribution is -2.57. The molecule has 170 valence electrons. The lowest BCUT2D eigenvalue weighted by molar-refractivity contribution is -0.733. The molecule has 1 unspecified atom stereocenters. The molecule has 3 aliphatic heterocycles. The largest absolute Gasteiger partial charge is 0.448 e. The topological polar surface area (TPSA) is 21.9 Å². The van der Waals surface area contributed by atoms with Gasteiger partial charge in [-0.3, -0.25) is 0 Å². The van der Waals surface area contributed by atoms with Gasteiger partial charge < -0.3 is 4.74 Å². The van der Waals surface area contributed by atoms with E-state index in [9.17, 15) is 0 Å². The van der Waals surface area contributed by atoms with E-state index in [4.69, 9.17) is 4.74 Å². The van der Waals surface area contributed by atoms with Gasteiger partial charge in [-0.1, -0.05) is 48.5 Å². The van der Waals surface area contributed by atoms with Gasteiger partial charge in [0.1, 0.15) is 0 Å². The number of ether oxygens (including phenoxy) is 1. The third-order valence-electron chi connectivity index (χ3n) is 8.36. The van der Waals surface area contributed by atoms with Gasteiger partial charge in [-0.25, -0.2) is 4.57 Å². The van der Waals surface area contributed by atoms with E-state index < -0.39 is 5.54 Å². The van der Waals surface area contributed by atoms with Gasteiger partial charge in [-0.2, -0.15) is 9.13 Å². The van der Waals surface area contributed by atoms with Crippen LogP contribution in [0.2, 0.25) is 0 Å². The van der Waals surface area contributed by atoms with Gasteiger partial charge >= 0.3 is 11.4 Å². The summed E-state index contributed by atoms with van der Waals surface area (Å²) in [7, 11) is 0. The Bertz CT molecular complexity index is 1920. The second-order valence-corrected chi connectivity index (χ2v) is 10.4. The molecule has 1 spiro atoms. The van der Waals surface area contributed by atoms with Crippen molar-refractivity contribution in [3.63, 3.8) is 0 Å². The zero-order valence-corrected chi connectivity index (χ0v) is 20.1. The van der Waals surface area contributed by atoms with Crippen molar-refractivity contribution >= 4 is 21.8 Å². The minimum atomic E-state index is -0.504. The molecule has 36 heavy (non-hydrogen) atoms. The predicted octanol–water partition coefficient (Wildman–Crippen LogP) is 6.18. The van der Waals surface area contributed by atoms with Crippen LogP contribution in [-0.2, 0) is 5.54 Å². The molecule has 9 rings (SSSR count). The lowest BCUT2D eigenvalue weighted by atomic mass is 9.82. The molecule has 0 N–H and O–H groups in total. The predicted molar refractivity (Wildman–Crippen MR) is 139 cm³/mol. The van der Waals surface area contributed by atoms with Crippen molar-refractivity contribution in [2.24, 2.45) is 0 Å². The first kappa shape index (κ1) is 18.8. The Morgan fingerprint density at radius 2 is 1.67 bits per heavy atom. The highest BCUT2D eigenvalue weighted by atomic mass is 16.5. The van der Waals surface area contributed by atoms with Crippen LogP contribution in [0.5, 0.6) is 11.5 Å². The molecule has 4 aromatic carbocycles. The second kappa shape index (κ2) is 6.03. The molecule has 1 atom stereocenters. The first-order valence-electron chi connectivity index (χ1n) is 12.7. The monoisotopic (exact) mass is 465 g/mol. The molecule has 0 radical (unpaired) electrons. The summed E-state index contributed by atoms with van der Waals surface area (Å²) in [6, 6.07) is 33.2. The molecule has 0 saturated heterocycles. The minimum absolute atomic E-state index is 0.265. The van der Waals surface area contributed by atoms with Crippen LogP contribution in [0.15, 0.2) is 97.2 Å². The molecule has 0 bridgehead atoms. The average Bonchev–Trinajstić information content (AvgIpc) is 3.51. The second-order valence-electron chi connectivity index (χ2n) is 10.4. The molecule has 4 nitrogen and oxygen atoms in total. The summed E-state index contributed by atoms with van der Waals surface area (Å²) in [4.78, 5) is 0. The molecule has 5 heterocycles. The standard InChI is InChI=1S/C32H23N3O/c1-19(2)34-26-15-9-16-27-29(26)35-28-24(18-20-10-3-4-11-21(20)30(28)36-27)32(31(34)35)23-13-6-5-12-22(23)25-14-7-8-17-33(25)32/h3-19H,1-2H3/q+2. The van der Waals surface area contributed by atoms with E-state index >= 15 is 0 Å². The summed E-state index contributed by atoms with van der Waals surface area (Å²) in [6.45, 7) is 4.58. The first-order valence-corrected chi connectivity index (χ1v) is 12.7. The average molecular weight is 466 g/mol. The van der Waals surface area contributed by atoms with Crippen molar-refractivity contribution in [1.82, 2.24) is 4.57 Å². The van der Waals surface area contributed by atoms with Crippen LogP contribution in [0.4, 0.5) is 0 Å². The van der Waals surface area contributed by atoms with Crippen LogP contribution < -0.4 is 13.9 Å². The van der Waals surface area contributed by atoms with Gasteiger partial charge in [0, 0.05) is 17.5 Å². The molecule has 0 aliphatic carbocycles. The van der Waals surface area contributed by atoms with Gasteiger partial charge in [-0.05, 0) is 49.6 Å². The van der Waals surface area contributed by atoms with E-state index in [0.29, 0.717) is 0 Å². The molecule has 0 fully saturated rings. The Morgan fingerprint density at radius 3 is 2.58 bits per heavy atom. The Balaban J connectivity index is 1.63. The van der Waals surface area contributed by atoms with Gasteiger partial charge in [0.05, 0.1) is 22.7 Å². The summed E-state index contributed by atoms with van der Waals surface area (Å²) in [5, 5.41) is 2.35. The Labute approximate surface area is 208 Å². The van der Waals surface area contributed by atoms with Crippen molar-refractivity contribution < 1.29 is 13.9 Å². The maximum absolute atomic E-state index is 6.81. The molecule has 0 saturated carbocycles. The van der Waals surface area contributed by atoms with Crippen LogP contribution in [0.3, 0.4) is 0 Å². The number of fused-ring (bicyclic) bond motifs is 9. The minimum Gasteiger partial charge on any atom is -0.448 e. The van der Waals surface area contributed by atoms with Crippen LogP contribution in [0, 0.1) is 0 Å². The lowest BCUT2D eigenvalue weighted by Gasteiger charge is -2.22. The number of benzene rings is 4. The highest BCUT2D eigenvalue weighted by Crippen LogP contribution is 2.56. The Morgan fingerprint density at radius 1 is 0.833 bits per heavy atom. The zero-order chi connectivity index (χ0) is 23.8. The number of imidazole rings is 1. The van der Waals surface area contributed by atoms with Crippen LogP contribution >= 0.6 is 0 Å². The van der Waals surface area contributed by atoms with E-state index in [0.717, 1.165) is 22.4 Å². The number of pyridine rings is 1. The van der Waals surface area contributed by atoms with E-state index in [1.54, 1.807) is 0 Å². The van der Waals surface area contributed by atoms with Gasteiger partial charge in [-0.15, -0.1) is 0 Å². The van der Waals surface area contributed by atoms with Gasteiger partial charge in [0.15, 0.2) is 28.9 Å². The van der Waals surface area contributed by atoms with E-state index in [1.165, 1.54) is 44.8 Å². The fourth-order valence-corrected chi connectivity index (χ4v) is 7.16. The Kier molecular flexibility index (Phi) is 3.15. The van der Waals surface area contributed by atoms with Crippen LogP contribution in [0.25, 0.3) is 38.8 Å². The molecule has 2 aromatic heterocycles. The summed E-state index contributed by atoms with van der Waals surface area (Å²) in [6.07, 6.45) is 2.26. The SMILES string of the molecule is CC(C)n1c2[n+]3c4c(cccc41)Oc1c-3c(cc3ccccc13)C21c2ccccc2-c2cccc[n+]21. The summed E-state index contributed by atoms with van der Waals surface area (Å²) < 4.78 is 14.3. The number of para-hydroxylation sites is 1. The third-order valence-corrected chi connectivity index (χ3v) is 8.36. The first-order chi connectivity index (χ1) is 17.7. The summed E-state index contributed by atoms with van der Waals surface area (Å²) >= 11 is 0. The van der Waals surface area contributed by atoms with Crippen molar-refractivity contribution in [2.75, 3.05) is 0 Å². The molecule has 6 aromatic rings. The highest BCUT2D eigenvalue weighted by Gasteiger charge is 2.69. The summed E-state index contributed by atoms with van der Waals surface area (Å²) in [5.74, 6) is 3.15. The maximum atomic E-state index is 6.81. The number of hydrogen-bond donors (Lipinski definition) is 0.